The molecular formula is C19H14FN3O2. The van der Waals surface area contributed by atoms with Crippen molar-refractivity contribution in [1.82, 2.24) is 9.97 Å². The van der Waals surface area contributed by atoms with Crippen LogP contribution in [0, 0.1) is 31.0 Å². The van der Waals surface area contributed by atoms with Crippen LogP contribution in [0.15, 0.2) is 47.4 Å². The summed E-state index contributed by atoms with van der Waals surface area (Å²) >= 11 is 0. The molecule has 3 aromatic rings. The normalized spacial score (nSPS) is 10.3. The van der Waals surface area contributed by atoms with Gasteiger partial charge in [-0.05, 0) is 49.7 Å². The number of halogens is 1. The average Bonchev–Trinajstić information content (AvgIpc) is 2.58. The number of hydrogen-bond donors (Lipinski definition) is 1. The van der Waals surface area contributed by atoms with Gasteiger partial charge in [-0.15, -0.1) is 0 Å². The van der Waals surface area contributed by atoms with Crippen molar-refractivity contribution in [2.75, 3.05) is 0 Å². The predicted octanol–water partition coefficient (Wildman–Crippen LogP) is 3.86. The van der Waals surface area contributed by atoms with Crippen molar-refractivity contribution in [1.29, 1.82) is 5.26 Å². The van der Waals surface area contributed by atoms with Crippen LogP contribution in [-0.2, 0) is 0 Å². The Labute approximate surface area is 143 Å². The fraction of sp³-hybridized carbons (Fsp3) is 0.105. The second-order valence-electron chi connectivity index (χ2n) is 5.49. The molecule has 124 valence electrons. The van der Waals surface area contributed by atoms with E-state index >= 15 is 0 Å². The van der Waals surface area contributed by atoms with Crippen LogP contribution < -0.4 is 10.3 Å². The van der Waals surface area contributed by atoms with E-state index in [-0.39, 0.29) is 11.3 Å². The molecule has 0 unspecified atom stereocenters. The van der Waals surface area contributed by atoms with Gasteiger partial charge in [0.2, 0.25) is 0 Å². The van der Waals surface area contributed by atoms with Gasteiger partial charge in [0.05, 0.1) is 5.69 Å². The van der Waals surface area contributed by atoms with Crippen LogP contribution in [0.1, 0.15) is 17.0 Å². The Balaban J connectivity index is 1.98. The molecular weight excluding hydrogens is 321 g/mol. The minimum Gasteiger partial charge on any atom is -0.452 e. The molecule has 0 fully saturated rings. The number of aromatic nitrogens is 2. The van der Waals surface area contributed by atoms with Crippen LogP contribution in [0.4, 0.5) is 4.39 Å². The van der Waals surface area contributed by atoms with Gasteiger partial charge in [-0.1, -0.05) is 6.07 Å². The zero-order valence-corrected chi connectivity index (χ0v) is 13.6. The molecule has 0 atom stereocenters. The molecule has 0 saturated heterocycles. The van der Waals surface area contributed by atoms with Crippen molar-refractivity contribution in [3.8, 4) is 28.7 Å². The quantitative estimate of drug-likeness (QED) is 0.788. The molecule has 0 amide bonds. The summed E-state index contributed by atoms with van der Waals surface area (Å²) in [5.41, 5.74) is 1.72. The second-order valence-corrected chi connectivity index (χ2v) is 5.49. The van der Waals surface area contributed by atoms with Crippen molar-refractivity contribution in [2.24, 2.45) is 0 Å². The van der Waals surface area contributed by atoms with E-state index in [9.17, 15) is 9.18 Å². The lowest BCUT2D eigenvalue weighted by atomic mass is 10.0. The highest BCUT2D eigenvalue weighted by Crippen LogP contribution is 2.30. The number of nitriles is 1. The van der Waals surface area contributed by atoms with E-state index in [2.05, 4.69) is 9.97 Å². The first-order valence-electron chi connectivity index (χ1n) is 7.53. The first-order valence-corrected chi connectivity index (χ1v) is 7.53. The lowest BCUT2D eigenvalue weighted by Gasteiger charge is -2.11. The van der Waals surface area contributed by atoms with E-state index in [1.54, 1.807) is 31.2 Å². The van der Waals surface area contributed by atoms with E-state index in [0.717, 1.165) is 5.69 Å². The number of aryl methyl sites for hydroxylation is 2. The Hall–Kier alpha value is -3.46. The van der Waals surface area contributed by atoms with Crippen LogP contribution in [0.25, 0.3) is 11.1 Å². The van der Waals surface area contributed by atoms with Crippen molar-refractivity contribution < 1.29 is 9.13 Å². The highest BCUT2D eigenvalue weighted by molar-refractivity contribution is 5.70. The van der Waals surface area contributed by atoms with E-state index < -0.39 is 11.4 Å². The predicted molar refractivity (Wildman–Crippen MR) is 91.0 cm³/mol. The molecule has 0 spiro atoms. The van der Waals surface area contributed by atoms with Gasteiger partial charge >= 0.3 is 0 Å². The smallest absolute Gasteiger partial charge is 0.266 e. The number of aromatic amines is 1. The van der Waals surface area contributed by atoms with Crippen molar-refractivity contribution in [3.05, 3.63) is 75.7 Å². The molecule has 0 bridgehead atoms. The standard InChI is InChI=1S/C19H14FN3O2/c1-11-3-5-17(12(2)23-11)25-18-6-4-13(9-16(18)20)14-7-8-22-19(24)15(14)10-21/h3-9H,1-2H3,(H,22,24). The number of H-pyrrole nitrogens is 1. The molecule has 0 aliphatic heterocycles. The van der Waals surface area contributed by atoms with Gasteiger partial charge in [-0.2, -0.15) is 5.26 Å². The van der Waals surface area contributed by atoms with E-state index in [1.807, 2.05) is 13.0 Å². The minimum absolute atomic E-state index is 0.0425. The number of benzene rings is 1. The molecule has 3 rings (SSSR count). The van der Waals surface area contributed by atoms with Crippen LogP contribution in [0.5, 0.6) is 11.5 Å². The molecule has 2 aromatic heterocycles. The maximum absolute atomic E-state index is 14.5. The van der Waals surface area contributed by atoms with Crippen molar-refractivity contribution in [2.45, 2.75) is 13.8 Å². The fourth-order valence-corrected chi connectivity index (χ4v) is 2.48. The number of nitrogens with zero attached hydrogens (tertiary/aromatic N) is 2. The molecule has 6 heteroatoms. The summed E-state index contributed by atoms with van der Waals surface area (Å²) in [5.74, 6) is -0.0892. The number of pyridine rings is 2. The van der Waals surface area contributed by atoms with E-state index in [1.165, 1.54) is 18.3 Å². The summed E-state index contributed by atoms with van der Waals surface area (Å²) in [5, 5.41) is 9.14. The summed E-state index contributed by atoms with van der Waals surface area (Å²) in [4.78, 5) is 18.4. The molecule has 0 saturated carbocycles. The van der Waals surface area contributed by atoms with Gasteiger partial charge in [0, 0.05) is 17.5 Å². The average molecular weight is 335 g/mol. The second kappa shape index (κ2) is 6.57. The number of nitrogens with one attached hydrogen (secondary N) is 1. The van der Waals surface area contributed by atoms with E-state index in [4.69, 9.17) is 10.00 Å². The monoisotopic (exact) mass is 335 g/mol. The molecule has 2 heterocycles. The van der Waals surface area contributed by atoms with Gasteiger partial charge in [0.25, 0.3) is 5.56 Å². The lowest BCUT2D eigenvalue weighted by molar-refractivity contribution is 0.437. The van der Waals surface area contributed by atoms with E-state index in [0.29, 0.717) is 22.6 Å². The van der Waals surface area contributed by atoms with Gasteiger partial charge in [-0.3, -0.25) is 9.78 Å². The Morgan fingerprint density at radius 3 is 2.60 bits per heavy atom. The molecule has 1 aromatic carbocycles. The SMILES string of the molecule is Cc1ccc(Oc2ccc(-c3cc[nH]c(=O)c3C#N)cc2F)c(C)n1. The Kier molecular flexibility index (Phi) is 4.31. The van der Waals surface area contributed by atoms with Crippen molar-refractivity contribution in [3.63, 3.8) is 0 Å². The zero-order chi connectivity index (χ0) is 18.0. The summed E-state index contributed by atoms with van der Waals surface area (Å²) in [6.45, 7) is 3.64. The lowest BCUT2D eigenvalue weighted by Crippen LogP contribution is -2.10. The van der Waals surface area contributed by atoms with Gasteiger partial charge in [0.1, 0.15) is 17.4 Å². The topological polar surface area (TPSA) is 78.8 Å². The number of ether oxygens (including phenoxy) is 1. The van der Waals surface area contributed by atoms with Gasteiger partial charge in [0.15, 0.2) is 11.6 Å². The van der Waals surface area contributed by atoms with Crippen LogP contribution in [0.3, 0.4) is 0 Å². The van der Waals surface area contributed by atoms with Crippen LogP contribution >= 0.6 is 0 Å². The number of hydrogen-bond acceptors (Lipinski definition) is 4. The molecule has 25 heavy (non-hydrogen) atoms. The van der Waals surface area contributed by atoms with Crippen LogP contribution in [-0.4, -0.2) is 9.97 Å². The molecule has 0 aliphatic rings. The molecule has 0 radical (unpaired) electrons. The number of rotatable bonds is 3. The maximum atomic E-state index is 14.5. The van der Waals surface area contributed by atoms with Crippen molar-refractivity contribution >= 4 is 0 Å². The molecule has 0 aliphatic carbocycles. The third kappa shape index (κ3) is 3.26. The molecule has 5 nitrogen and oxygen atoms in total. The highest BCUT2D eigenvalue weighted by atomic mass is 19.1. The first kappa shape index (κ1) is 16.4. The summed E-state index contributed by atoms with van der Waals surface area (Å²) in [7, 11) is 0. The summed E-state index contributed by atoms with van der Waals surface area (Å²) in [6, 6.07) is 11.2. The highest BCUT2D eigenvalue weighted by Gasteiger charge is 2.13. The Morgan fingerprint density at radius 1 is 1.16 bits per heavy atom. The zero-order valence-electron chi connectivity index (χ0n) is 13.6. The summed E-state index contributed by atoms with van der Waals surface area (Å²) < 4.78 is 20.1. The summed E-state index contributed by atoms with van der Waals surface area (Å²) in [6.07, 6.45) is 1.42. The molecule has 1 N–H and O–H groups in total. The third-order valence-corrected chi connectivity index (χ3v) is 3.71. The Bertz CT molecular complexity index is 1050. The largest absolute Gasteiger partial charge is 0.452 e. The van der Waals surface area contributed by atoms with Gasteiger partial charge in [-0.25, -0.2) is 4.39 Å². The maximum Gasteiger partial charge on any atom is 0.266 e. The Morgan fingerprint density at radius 2 is 1.92 bits per heavy atom. The van der Waals surface area contributed by atoms with Gasteiger partial charge < -0.3 is 9.72 Å². The van der Waals surface area contributed by atoms with Crippen LogP contribution in [0.2, 0.25) is 0 Å². The third-order valence-electron chi connectivity index (χ3n) is 3.71. The first-order chi connectivity index (χ1) is 12.0. The minimum atomic E-state index is -0.596. The fourth-order valence-electron chi connectivity index (χ4n) is 2.48.